The van der Waals surface area contributed by atoms with E-state index in [1.807, 2.05) is 0 Å². The second-order valence-electron chi connectivity index (χ2n) is 5.14. The van der Waals surface area contributed by atoms with Crippen molar-refractivity contribution in [2.75, 3.05) is 45.3 Å². The first kappa shape index (κ1) is 15.3. The number of likely N-dealkylation sites (N-methyl/N-ethyl adjacent to an activating group) is 1. The molecule has 0 aromatic carbocycles. The molecular formula is C13H21ClN4O2. The number of nitrogens with zero attached hydrogens (tertiary/aromatic N) is 3. The van der Waals surface area contributed by atoms with Gasteiger partial charge in [-0.3, -0.25) is 4.79 Å². The summed E-state index contributed by atoms with van der Waals surface area (Å²) in [5.41, 5.74) is 0.403. The Morgan fingerprint density at radius 3 is 3.20 bits per heavy atom. The predicted molar refractivity (Wildman–Crippen MR) is 79.6 cm³/mol. The summed E-state index contributed by atoms with van der Waals surface area (Å²) in [7, 11) is 3.78. The van der Waals surface area contributed by atoms with Gasteiger partial charge in [-0.05, 0) is 19.9 Å². The van der Waals surface area contributed by atoms with Crippen LogP contribution < -0.4 is 10.5 Å². The third-order valence-corrected chi connectivity index (χ3v) is 4.03. The van der Waals surface area contributed by atoms with Gasteiger partial charge in [-0.2, -0.15) is 5.10 Å². The van der Waals surface area contributed by atoms with Gasteiger partial charge in [-0.25, -0.2) is 5.10 Å². The first-order chi connectivity index (χ1) is 9.63. The van der Waals surface area contributed by atoms with Crippen LogP contribution in [0.1, 0.15) is 12.8 Å². The SMILES string of the molecule is COCCN(C)C[C@H]1CCCN1c1cn[nH]c(=O)c1Cl. The molecule has 0 radical (unpaired) electrons. The van der Waals surface area contributed by atoms with Crippen molar-refractivity contribution in [1.82, 2.24) is 15.1 Å². The minimum absolute atomic E-state index is 0.228. The minimum atomic E-state index is -0.331. The predicted octanol–water partition coefficient (Wildman–Crippen LogP) is 0.970. The molecule has 1 aliphatic heterocycles. The molecule has 0 saturated carbocycles. The fraction of sp³-hybridized carbons (Fsp3) is 0.692. The molecule has 0 spiro atoms. The van der Waals surface area contributed by atoms with Crippen molar-refractivity contribution in [1.29, 1.82) is 0 Å². The van der Waals surface area contributed by atoms with Gasteiger partial charge in [0.1, 0.15) is 5.02 Å². The van der Waals surface area contributed by atoms with E-state index in [4.69, 9.17) is 16.3 Å². The maximum atomic E-state index is 11.6. The van der Waals surface area contributed by atoms with Crippen molar-refractivity contribution in [3.63, 3.8) is 0 Å². The number of aromatic nitrogens is 2. The number of nitrogens with one attached hydrogen (secondary N) is 1. The smallest absolute Gasteiger partial charge is 0.285 e. The maximum absolute atomic E-state index is 11.6. The average Bonchev–Trinajstić information content (AvgIpc) is 2.87. The highest BCUT2D eigenvalue weighted by Crippen LogP contribution is 2.29. The molecule has 6 nitrogen and oxygen atoms in total. The second-order valence-corrected chi connectivity index (χ2v) is 5.52. The average molecular weight is 301 g/mol. The van der Waals surface area contributed by atoms with Crippen LogP contribution in [0.2, 0.25) is 5.02 Å². The Morgan fingerprint density at radius 1 is 1.65 bits per heavy atom. The van der Waals surface area contributed by atoms with Gasteiger partial charge in [0.05, 0.1) is 18.5 Å². The van der Waals surface area contributed by atoms with Crippen molar-refractivity contribution >= 4 is 17.3 Å². The van der Waals surface area contributed by atoms with Gasteiger partial charge in [0.2, 0.25) is 0 Å². The third-order valence-electron chi connectivity index (χ3n) is 3.66. The standard InChI is InChI=1S/C13H21ClN4O2/c1-17(6-7-20-2)9-10-4-3-5-18(10)11-8-15-16-13(19)12(11)14/h8,10H,3-7,9H2,1-2H3,(H,16,19)/t10-/m1/s1. The zero-order chi connectivity index (χ0) is 14.5. The van der Waals surface area contributed by atoms with Crippen LogP contribution in [-0.4, -0.2) is 61.5 Å². The summed E-state index contributed by atoms with van der Waals surface area (Å²) in [5.74, 6) is 0. The fourth-order valence-corrected chi connectivity index (χ4v) is 2.81. The van der Waals surface area contributed by atoms with Crippen LogP contribution in [0.15, 0.2) is 11.0 Å². The van der Waals surface area contributed by atoms with E-state index in [2.05, 4.69) is 27.0 Å². The quantitative estimate of drug-likeness (QED) is 0.848. The Hall–Kier alpha value is -1.11. The van der Waals surface area contributed by atoms with E-state index in [1.54, 1.807) is 13.3 Å². The van der Waals surface area contributed by atoms with E-state index in [-0.39, 0.29) is 10.6 Å². The molecule has 1 N–H and O–H groups in total. The number of aromatic amines is 1. The Kier molecular flexibility index (Phi) is 5.39. The molecule has 112 valence electrons. The molecule has 0 amide bonds. The van der Waals surface area contributed by atoms with Crippen molar-refractivity contribution in [2.45, 2.75) is 18.9 Å². The summed E-state index contributed by atoms with van der Waals surface area (Å²) in [6.07, 6.45) is 3.84. The van der Waals surface area contributed by atoms with Gasteiger partial charge in [0.15, 0.2) is 0 Å². The molecule has 1 saturated heterocycles. The highest BCUT2D eigenvalue weighted by molar-refractivity contribution is 6.33. The second kappa shape index (κ2) is 7.06. The molecular weight excluding hydrogens is 280 g/mol. The number of rotatable bonds is 6. The van der Waals surface area contributed by atoms with Crippen LogP contribution in [0.4, 0.5) is 5.69 Å². The van der Waals surface area contributed by atoms with Crippen LogP contribution in [0.3, 0.4) is 0 Å². The maximum Gasteiger partial charge on any atom is 0.285 e. The van der Waals surface area contributed by atoms with Crippen molar-refractivity contribution in [2.24, 2.45) is 0 Å². The topological polar surface area (TPSA) is 61.5 Å². The lowest BCUT2D eigenvalue weighted by molar-refractivity contribution is 0.158. The highest BCUT2D eigenvalue weighted by atomic mass is 35.5. The van der Waals surface area contributed by atoms with E-state index in [1.165, 1.54) is 0 Å². The van der Waals surface area contributed by atoms with Crippen LogP contribution in [-0.2, 0) is 4.74 Å². The number of ether oxygens (including phenoxy) is 1. The summed E-state index contributed by atoms with van der Waals surface area (Å²) in [6.45, 7) is 3.44. The molecule has 1 aromatic rings. The van der Waals surface area contributed by atoms with E-state index < -0.39 is 0 Å². The number of hydrogen-bond acceptors (Lipinski definition) is 5. The molecule has 2 heterocycles. The van der Waals surface area contributed by atoms with E-state index in [0.717, 1.165) is 44.8 Å². The number of anilines is 1. The fourth-order valence-electron chi connectivity index (χ4n) is 2.62. The van der Waals surface area contributed by atoms with E-state index >= 15 is 0 Å². The lowest BCUT2D eigenvalue weighted by Crippen LogP contribution is -2.40. The monoisotopic (exact) mass is 300 g/mol. The van der Waals surface area contributed by atoms with Gasteiger partial charge in [-0.1, -0.05) is 11.6 Å². The first-order valence-electron chi connectivity index (χ1n) is 6.80. The molecule has 0 unspecified atom stereocenters. The highest BCUT2D eigenvalue weighted by Gasteiger charge is 2.28. The zero-order valence-corrected chi connectivity index (χ0v) is 12.7. The Morgan fingerprint density at radius 2 is 2.45 bits per heavy atom. The molecule has 7 heteroatoms. The van der Waals surface area contributed by atoms with E-state index in [0.29, 0.717) is 6.04 Å². The van der Waals surface area contributed by atoms with Gasteiger partial charge in [0, 0.05) is 32.8 Å². The Labute approximate surface area is 123 Å². The van der Waals surface area contributed by atoms with Gasteiger partial charge in [0.25, 0.3) is 5.56 Å². The van der Waals surface area contributed by atoms with Crippen LogP contribution in [0.25, 0.3) is 0 Å². The molecule has 1 fully saturated rings. The van der Waals surface area contributed by atoms with E-state index in [9.17, 15) is 4.79 Å². The summed E-state index contributed by atoms with van der Waals surface area (Å²) in [6, 6.07) is 0.359. The molecule has 1 atom stereocenters. The Balaban J connectivity index is 2.07. The van der Waals surface area contributed by atoms with Crippen LogP contribution in [0, 0.1) is 0 Å². The minimum Gasteiger partial charge on any atom is -0.383 e. The van der Waals surface area contributed by atoms with Crippen molar-refractivity contribution < 1.29 is 4.74 Å². The largest absolute Gasteiger partial charge is 0.383 e. The van der Waals surface area contributed by atoms with Gasteiger partial charge in [-0.15, -0.1) is 0 Å². The third kappa shape index (κ3) is 3.50. The summed E-state index contributed by atoms with van der Waals surface area (Å²) < 4.78 is 5.09. The number of hydrogen-bond donors (Lipinski definition) is 1. The number of halogens is 1. The molecule has 1 aliphatic rings. The van der Waals surface area contributed by atoms with Gasteiger partial charge >= 0.3 is 0 Å². The van der Waals surface area contributed by atoms with Crippen LogP contribution >= 0.6 is 11.6 Å². The molecule has 1 aromatic heterocycles. The zero-order valence-electron chi connectivity index (χ0n) is 11.9. The van der Waals surface area contributed by atoms with Gasteiger partial charge < -0.3 is 14.5 Å². The van der Waals surface area contributed by atoms with Crippen molar-refractivity contribution in [3.8, 4) is 0 Å². The van der Waals surface area contributed by atoms with Crippen LogP contribution in [0.5, 0.6) is 0 Å². The summed E-state index contributed by atoms with van der Waals surface area (Å²) in [5, 5.41) is 6.44. The lowest BCUT2D eigenvalue weighted by Gasteiger charge is -2.30. The molecule has 20 heavy (non-hydrogen) atoms. The summed E-state index contributed by atoms with van der Waals surface area (Å²) >= 11 is 6.10. The number of methoxy groups -OCH3 is 1. The number of H-pyrrole nitrogens is 1. The van der Waals surface area contributed by atoms with Crippen molar-refractivity contribution in [3.05, 3.63) is 21.6 Å². The Bertz CT molecular complexity index is 494. The molecule has 2 rings (SSSR count). The first-order valence-corrected chi connectivity index (χ1v) is 7.18. The molecule has 0 bridgehead atoms. The lowest BCUT2D eigenvalue weighted by atomic mass is 10.2. The normalized spacial score (nSPS) is 19.0. The summed E-state index contributed by atoms with van der Waals surface area (Å²) in [4.78, 5) is 16.0. The molecule has 0 aliphatic carbocycles.